The van der Waals surface area contributed by atoms with Crippen molar-refractivity contribution >= 4 is 22.9 Å². The van der Waals surface area contributed by atoms with Crippen molar-refractivity contribution in [3.8, 4) is 11.4 Å². The molecule has 0 bridgehead atoms. The van der Waals surface area contributed by atoms with Crippen LogP contribution >= 0.6 is 0 Å². The predicted octanol–water partition coefficient (Wildman–Crippen LogP) is 2.44. The summed E-state index contributed by atoms with van der Waals surface area (Å²) in [6.45, 7) is 8.45. The number of ether oxygens (including phenoxy) is 1. The second-order valence-electron chi connectivity index (χ2n) is 8.71. The van der Waals surface area contributed by atoms with Gasteiger partial charge in [0.2, 0.25) is 5.91 Å². The van der Waals surface area contributed by atoms with E-state index in [1.54, 1.807) is 12.4 Å². The predicted molar refractivity (Wildman–Crippen MR) is 124 cm³/mol. The number of aryl methyl sites for hydroxylation is 2. The first kappa shape index (κ1) is 21.7. The molecule has 174 valence electrons. The van der Waals surface area contributed by atoms with Crippen molar-refractivity contribution in [2.45, 2.75) is 58.7 Å². The number of anilines is 1. The number of aromatic nitrogens is 6. The van der Waals surface area contributed by atoms with Crippen molar-refractivity contribution in [2.75, 3.05) is 25.1 Å². The summed E-state index contributed by atoms with van der Waals surface area (Å²) in [5, 5.41) is 3.38. The Morgan fingerprint density at radius 2 is 2.00 bits per heavy atom. The van der Waals surface area contributed by atoms with Crippen molar-refractivity contribution in [1.82, 2.24) is 34.4 Å². The number of carbonyl (C=O) groups excluding carboxylic acids is 1. The van der Waals surface area contributed by atoms with Gasteiger partial charge in [-0.1, -0.05) is 6.92 Å². The molecule has 1 saturated heterocycles. The van der Waals surface area contributed by atoms with Crippen LogP contribution in [0.3, 0.4) is 0 Å². The highest BCUT2D eigenvalue weighted by Crippen LogP contribution is 2.37. The van der Waals surface area contributed by atoms with Crippen molar-refractivity contribution in [3.05, 3.63) is 24.5 Å². The molecule has 3 aromatic heterocycles. The van der Waals surface area contributed by atoms with Gasteiger partial charge < -0.3 is 19.5 Å². The molecule has 10 heteroatoms. The third-order valence-electron chi connectivity index (χ3n) is 6.52. The maximum absolute atomic E-state index is 13.5. The SMILES string of the molecule is CC[C@@H](Nc1ncnc2c1nc(-c1cnc(C)nc1)n2CC)C(=O)N1CCOC[C@@H]1C1CC1. The first-order valence-corrected chi connectivity index (χ1v) is 11.8. The number of amides is 1. The van der Waals surface area contributed by atoms with Crippen molar-refractivity contribution in [2.24, 2.45) is 5.92 Å². The van der Waals surface area contributed by atoms with Gasteiger partial charge in [-0.3, -0.25) is 4.79 Å². The Labute approximate surface area is 192 Å². The van der Waals surface area contributed by atoms with E-state index in [4.69, 9.17) is 9.72 Å². The van der Waals surface area contributed by atoms with E-state index in [9.17, 15) is 4.79 Å². The molecule has 0 radical (unpaired) electrons. The molecular formula is C23H30N8O2. The molecule has 10 nitrogen and oxygen atoms in total. The summed E-state index contributed by atoms with van der Waals surface area (Å²) in [6, 6.07) is -0.208. The Balaban J connectivity index is 1.46. The Bertz CT molecular complexity index is 1140. The van der Waals surface area contributed by atoms with Crippen LogP contribution in [0.5, 0.6) is 0 Å². The number of imidazole rings is 1. The van der Waals surface area contributed by atoms with Gasteiger partial charge in [0.15, 0.2) is 17.0 Å². The molecule has 2 aliphatic rings. The van der Waals surface area contributed by atoms with Crippen LogP contribution in [0, 0.1) is 12.8 Å². The van der Waals surface area contributed by atoms with Gasteiger partial charge in [-0.25, -0.2) is 24.9 Å². The Hall–Kier alpha value is -3.14. The van der Waals surface area contributed by atoms with Crippen molar-refractivity contribution in [3.63, 3.8) is 0 Å². The highest BCUT2D eigenvalue weighted by molar-refractivity contribution is 5.90. The molecule has 1 aliphatic heterocycles. The third kappa shape index (κ3) is 4.15. The van der Waals surface area contributed by atoms with Crippen LogP contribution in [0.2, 0.25) is 0 Å². The topological polar surface area (TPSA) is 111 Å². The molecule has 1 saturated carbocycles. The summed E-state index contributed by atoms with van der Waals surface area (Å²) in [5.41, 5.74) is 2.17. The molecule has 2 atom stereocenters. The average Bonchev–Trinajstić information content (AvgIpc) is 3.62. The van der Waals surface area contributed by atoms with E-state index in [1.807, 2.05) is 30.2 Å². The fourth-order valence-corrected chi connectivity index (χ4v) is 4.54. The summed E-state index contributed by atoms with van der Waals surface area (Å²) in [6.07, 6.45) is 8.05. The van der Waals surface area contributed by atoms with Crippen LogP contribution in [-0.2, 0) is 16.1 Å². The average molecular weight is 451 g/mol. The minimum Gasteiger partial charge on any atom is -0.377 e. The molecule has 1 N–H and O–H groups in total. The standard InChI is InChI=1S/C23H30N8O2/c1-4-17(23(32)31-8-9-33-12-18(31)15-6-7-15)28-20-19-22(27-13-26-20)30(5-2)21(29-19)16-10-24-14(3)25-11-16/h10-11,13,15,17-18H,4-9,12H2,1-3H3,(H,26,27,28)/t17-,18-/m1/s1. The quantitative estimate of drug-likeness (QED) is 0.584. The Morgan fingerprint density at radius 1 is 1.21 bits per heavy atom. The van der Waals surface area contributed by atoms with Crippen LogP contribution < -0.4 is 5.32 Å². The van der Waals surface area contributed by atoms with Crippen LogP contribution in [0.25, 0.3) is 22.6 Å². The molecule has 2 fully saturated rings. The lowest BCUT2D eigenvalue weighted by molar-refractivity contribution is -0.141. The van der Waals surface area contributed by atoms with Gasteiger partial charge in [-0.2, -0.15) is 0 Å². The molecule has 0 spiro atoms. The lowest BCUT2D eigenvalue weighted by Gasteiger charge is -2.38. The zero-order valence-electron chi connectivity index (χ0n) is 19.4. The lowest BCUT2D eigenvalue weighted by atomic mass is 10.1. The zero-order valence-corrected chi connectivity index (χ0v) is 19.4. The smallest absolute Gasteiger partial charge is 0.245 e. The summed E-state index contributed by atoms with van der Waals surface area (Å²) in [4.78, 5) is 37.9. The summed E-state index contributed by atoms with van der Waals surface area (Å²) in [7, 11) is 0. The molecule has 4 heterocycles. The third-order valence-corrected chi connectivity index (χ3v) is 6.52. The van der Waals surface area contributed by atoms with Gasteiger partial charge in [0.05, 0.1) is 24.8 Å². The Morgan fingerprint density at radius 3 is 2.70 bits per heavy atom. The monoisotopic (exact) mass is 450 g/mol. The molecule has 1 aliphatic carbocycles. The molecule has 33 heavy (non-hydrogen) atoms. The normalized spacial score (nSPS) is 19.6. The van der Waals surface area contributed by atoms with Gasteiger partial charge in [0.1, 0.15) is 24.0 Å². The minimum absolute atomic E-state index is 0.103. The molecule has 0 unspecified atom stereocenters. The number of morpholine rings is 1. The molecule has 1 amide bonds. The molecular weight excluding hydrogens is 420 g/mol. The Kier molecular flexibility index (Phi) is 5.92. The van der Waals surface area contributed by atoms with Crippen LogP contribution in [0.1, 0.15) is 38.9 Å². The number of nitrogens with one attached hydrogen (secondary N) is 1. The number of nitrogens with zero attached hydrogens (tertiary/aromatic N) is 7. The van der Waals surface area contributed by atoms with Gasteiger partial charge in [0, 0.05) is 25.5 Å². The van der Waals surface area contributed by atoms with E-state index < -0.39 is 0 Å². The first-order valence-electron chi connectivity index (χ1n) is 11.8. The van der Waals surface area contributed by atoms with Crippen LogP contribution in [-0.4, -0.2) is 72.1 Å². The van der Waals surface area contributed by atoms with Gasteiger partial charge >= 0.3 is 0 Å². The van der Waals surface area contributed by atoms with Crippen molar-refractivity contribution in [1.29, 1.82) is 0 Å². The number of hydrogen-bond donors (Lipinski definition) is 1. The second kappa shape index (κ2) is 9.01. The minimum atomic E-state index is -0.389. The van der Waals surface area contributed by atoms with Crippen LogP contribution in [0.4, 0.5) is 5.82 Å². The summed E-state index contributed by atoms with van der Waals surface area (Å²) in [5.74, 6) is 2.68. The maximum Gasteiger partial charge on any atom is 0.245 e. The van der Waals surface area contributed by atoms with E-state index in [0.29, 0.717) is 55.8 Å². The molecule has 0 aromatic carbocycles. The highest BCUT2D eigenvalue weighted by atomic mass is 16.5. The summed E-state index contributed by atoms with van der Waals surface area (Å²) >= 11 is 0. The van der Waals surface area contributed by atoms with Gasteiger partial charge in [-0.15, -0.1) is 0 Å². The lowest BCUT2D eigenvalue weighted by Crippen LogP contribution is -2.54. The molecule has 3 aromatic rings. The zero-order chi connectivity index (χ0) is 22.9. The fourth-order valence-electron chi connectivity index (χ4n) is 4.54. The number of carbonyl (C=O) groups is 1. The second-order valence-corrected chi connectivity index (χ2v) is 8.71. The largest absolute Gasteiger partial charge is 0.377 e. The van der Waals surface area contributed by atoms with Crippen LogP contribution in [0.15, 0.2) is 18.7 Å². The highest BCUT2D eigenvalue weighted by Gasteiger charge is 2.40. The maximum atomic E-state index is 13.5. The van der Waals surface area contributed by atoms with E-state index in [-0.39, 0.29) is 18.0 Å². The van der Waals surface area contributed by atoms with E-state index in [0.717, 1.165) is 17.0 Å². The number of rotatable bonds is 7. The first-order chi connectivity index (χ1) is 16.1. The fraction of sp³-hybridized carbons (Fsp3) is 0.565. The van der Waals surface area contributed by atoms with Gasteiger partial charge in [0.25, 0.3) is 0 Å². The van der Waals surface area contributed by atoms with E-state index in [1.165, 1.54) is 19.2 Å². The van der Waals surface area contributed by atoms with Crippen molar-refractivity contribution < 1.29 is 9.53 Å². The number of fused-ring (bicyclic) bond motifs is 1. The van der Waals surface area contributed by atoms with E-state index in [2.05, 4.69) is 25.3 Å². The van der Waals surface area contributed by atoms with E-state index >= 15 is 0 Å². The van der Waals surface area contributed by atoms with Gasteiger partial charge in [-0.05, 0) is 39.0 Å². The number of hydrogen-bond acceptors (Lipinski definition) is 8. The summed E-state index contributed by atoms with van der Waals surface area (Å²) < 4.78 is 7.69. The molecule has 5 rings (SSSR count).